The largest absolute Gasteiger partial charge is 0.481 e. The fraction of sp³-hybridized carbons (Fsp3) is 0.250. The smallest absolute Gasteiger partial charge is 0.269 e. The summed E-state index contributed by atoms with van der Waals surface area (Å²) in [6.45, 7) is -0.201. The zero-order chi connectivity index (χ0) is 19.0. The molecule has 0 unspecified atom stereocenters. The molecule has 2 heterocycles. The quantitative estimate of drug-likeness (QED) is 0.748. The molecule has 1 N–H and O–H groups in total. The number of hydrogen-bond acceptors (Lipinski definition) is 5. The zero-order valence-electron chi connectivity index (χ0n) is 14.9. The molecule has 1 aromatic carbocycles. The Morgan fingerprint density at radius 1 is 1.19 bits per heavy atom. The standard InChI is InChI=1S/C20H20N2O4S/c1-26-19-10-9-16(11-21-19)27(24,25)22-12-15(13-23)18-8-4-6-14-5-2-3-7-17(14)20(18)22/h2-3,5,7,9-12,23H,4,6,8,13H2,1H3. The SMILES string of the molecule is COc1ccc(S(=O)(=O)n2cc(CO)c3c2-c2ccccc2CCC3)cn1. The normalized spacial score (nSPS) is 13.6. The number of benzene rings is 1. The van der Waals surface area contributed by atoms with Crippen LogP contribution in [-0.4, -0.2) is 29.6 Å². The van der Waals surface area contributed by atoms with E-state index >= 15 is 0 Å². The second-order valence-corrected chi connectivity index (χ2v) is 8.30. The van der Waals surface area contributed by atoms with E-state index in [-0.39, 0.29) is 11.5 Å². The molecule has 0 fully saturated rings. The van der Waals surface area contributed by atoms with Gasteiger partial charge in [-0.3, -0.25) is 0 Å². The molecule has 3 aromatic rings. The molecule has 27 heavy (non-hydrogen) atoms. The van der Waals surface area contributed by atoms with Crippen LogP contribution in [0.25, 0.3) is 11.3 Å². The van der Waals surface area contributed by atoms with E-state index in [1.54, 1.807) is 0 Å². The van der Waals surface area contributed by atoms with Crippen LogP contribution in [0.5, 0.6) is 5.88 Å². The fourth-order valence-corrected chi connectivity index (χ4v) is 5.00. The van der Waals surface area contributed by atoms with Crippen LogP contribution in [0.15, 0.2) is 53.7 Å². The van der Waals surface area contributed by atoms with Crippen molar-refractivity contribution in [1.82, 2.24) is 8.96 Å². The molecule has 0 saturated carbocycles. The van der Waals surface area contributed by atoms with Crippen LogP contribution in [0.1, 0.15) is 23.1 Å². The molecule has 0 spiro atoms. The van der Waals surface area contributed by atoms with Crippen molar-refractivity contribution in [2.24, 2.45) is 0 Å². The molecule has 0 saturated heterocycles. The molecule has 0 amide bonds. The number of methoxy groups -OCH3 is 1. The lowest BCUT2D eigenvalue weighted by Gasteiger charge is -2.13. The van der Waals surface area contributed by atoms with Crippen molar-refractivity contribution in [3.8, 4) is 17.1 Å². The van der Waals surface area contributed by atoms with Gasteiger partial charge in [-0.15, -0.1) is 0 Å². The second kappa shape index (κ2) is 6.83. The van der Waals surface area contributed by atoms with Crippen molar-refractivity contribution in [2.75, 3.05) is 7.11 Å². The van der Waals surface area contributed by atoms with Gasteiger partial charge in [0.15, 0.2) is 0 Å². The number of pyridine rings is 1. The van der Waals surface area contributed by atoms with Gasteiger partial charge in [0, 0.05) is 23.4 Å². The average molecular weight is 384 g/mol. The number of aryl methyl sites for hydroxylation is 1. The number of nitrogens with zero attached hydrogens (tertiary/aromatic N) is 2. The predicted molar refractivity (Wildman–Crippen MR) is 101 cm³/mol. The van der Waals surface area contributed by atoms with Gasteiger partial charge in [-0.2, -0.15) is 0 Å². The fourth-order valence-electron chi connectivity index (χ4n) is 3.63. The molecule has 1 aliphatic carbocycles. The highest BCUT2D eigenvalue weighted by Gasteiger charge is 2.28. The third-order valence-electron chi connectivity index (χ3n) is 4.96. The first-order valence-electron chi connectivity index (χ1n) is 8.74. The molecule has 7 heteroatoms. The molecular formula is C20H20N2O4S. The van der Waals surface area contributed by atoms with Crippen molar-refractivity contribution < 1.29 is 18.3 Å². The van der Waals surface area contributed by atoms with Crippen LogP contribution in [0.2, 0.25) is 0 Å². The lowest BCUT2D eigenvalue weighted by atomic mass is 10.0. The summed E-state index contributed by atoms with van der Waals surface area (Å²) in [7, 11) is -2.39. The molecule has 6 nitrogen and oxygen atoms in total. The Morgan fingerprint density at radius 3 is 2.70 bits per heavy atom. The highest BCUT2D eigenvalue weighted by Crippen LogP contribution is 2.37. The maximum atomic E-state index is 13.4. The minimum atomic E-state index is -3.87. The second-order valence-electron chi connectivity index (χ2n) is 6.49. The Kier molecular flexibility index (Phi) is 4.49. The molecule has 4 rings (SSSR count). The Hall–Kier alpha value is -2.64. The minimum absolute atomic E-state index is 0.0762. The highest BCUT2D eigenvalue weighted by atomic mass is 32.2. The van der Waals surface area contributed by atoms with Gasteiger partial charge in [0.1, 0.15) is 4.90 Å². The first-order valence-corrected chi connectivity index (χ1v) is 10.2. The summed E-state index contributed by atoms with van der Waals surface area (Å²) < 4.78 is 33.0. The molecule has 2 aromatic heterocycles. The lowest BCUT2D eigenvalue weighted by Crippen LogP contribution is -2.14. The summed E-state index contributed by atoms with van der Waals surface area (Å²) in [6, 6.07) is 10.9. The minimum Gasteiger partial charge on any atom is -0.481 e. The van der Waals surface area contributed by atoms with E-state index in [1.807, 2.05) is 24.3 Å². The summed E-state index contributed by atoms with van der Waals surface area (Å²) in [5.41, 5.74) is 4.19. The number of fused-ring (bicyclic) bond motifs is 3. The van der Waals surface area contributed by atoms with Crippen LogP contribution < -0.4 is 4.74 Å². The van der Waals surface area contributed by atoms with E-state index in [4.69, 9.17) is 4.74 Å². The molecule has 1 aliphatic rings. The number of ether oxygens (including phenoxy) is 1. The van der Waals surface area contributed by atoms with Crippen molar-refractivity contribution in [2.45, 2.75) is 30.8 Å². The number of rotatable bonds is 4. The molecule has 0 aliphatic heterocycles. The van der Waals surface area contributed by atoms with Crippen LogP contribution in [0.4, 0.5) is 0 Å². The summed E-state index contributed by atoms with van der Waals surface area (Å²) in [6.07, 6.45) is 5.34. The van der Waals surface area contributed by atoms with E-state index in [2.05, 4.69) is 4.98 Å². The first-order chi connectivity index (χ1) is 13.1. The van der Waals surface area contributed by atoms with Crippen LogP contribution in [0.3, 0.4) is 0 Å². The number of hydrogen-bond donors (Lipinski definition) is 1. The van der Waals surface area contributed by atoms with Crippen molar-refractivity contribution in [3.05, 3.63) is 65.5 Å². The van der Waals surface area contributed by atoms with Gasteiger partial charge in [-0.25, -0.2) is 17.4 Å². The van der Waals surface area contributed by atoms with E-state index in [0.717, 1.165) is 36.0 Å². The van der Waals surface area contributed by atoms with Gasteiger partial charge in [-0.05, 0) is 36.5 Å². The summed E-state index contributed by atoms with van der Waals surface area (Å²) in [5.74, 6) is 0.349. The van der Waals surface area contributed by atoms with Crippen molar-refractivity contribution in [3.63, 3.8) is 0 Å². The summed E-state index contributed by atoms with van der Waals surface area (Å²) >= 11 is 0. The van der Waals surface area contributed by atoms with Gasteiger partial charge in [-0.1, -0.05) is 24.3 Å². The van der Waals surface area contributed by atoms with Gasteiger partial charge in [0.05, 0.1) is 25.6 Å². The third kappa shape index (κ3) is 2.93. The van der Waals surface area contributed by atoms with E-state index in [9.17, 15) is 13.5 Å². The Bertz CT molecular complexity index is 1090. The number of aromatic nitrogens is 2. The third-order valence-corrected chi connectivity index (χ3v) is 6.60. The molecule has 0 radical (unpaired) electrons. The monoisotopic (exact) mass is 384 g/mol. The van der Waals surface area contributed by atoms with E-state index < -0.39 is 10.0 Å². The van der Waals surface area contributed by atoms with Crippen LogP contribution in [-0.2, 0) is 29.5 Å². The number of aliphatic hydroxyl groups excluding tert-OH is 1. The lowest BCUT2D eigenvalue weighted by molar-refractivity contribution is 0.281. The predicted octanol–water partition coefficient (Wildman–Crippen LogP) is 2.78. The molecule has 0 bridgehead atoms. The van der Waals surface area contributed by atoms with Crippen molar-refractivity contribution in [1.29, 1.82) is 0 Å². The van der Waals surface area contributed by atoms with Gasteiger partial charge >= 0.3 is 0 Å². The summed E-state index contributed by atoms with van der Waals surface area (Å²) in [5, 5.41) is 9.81. The Labute approximate surface area is 158 Å². The Morgan fingerprint density at radius 2 is 2.00 bits per heavy atom. The Balaban J connectivity index is 1.96. The highest BCUT2D eigenvalue weighted by molar-refractivity contribution is 7.90. The zero-order valence-corrected chi connectivity index (χ0v) is 15.7. The van der Waals surface area contributed by atoms with Gasteiger partial charge < -0.3 is 9.84 Å². The number of aliphatic hydroxyl groups is 1. The molecule has 0 atom stereocenters. The van der Waals surface area contributed by atoms with Crippen molar-refractivity contribution >= 4 is 10.0 Å². The first kappa shape index (κ1) is 17.8. The maximum absolute atomic E-state index is 13.4. The molecular weight excluding hydrogens is 364 g/mol. The molecule has 140 valence electrons. The van der Waals surface area contributed by atoms with Crippen LogP contribution >= 0.6 is 0 Å². The van der Waals surface area contributed by atoms with Gasteiger partial charge in [0.25, 0.3) is 10.0 Å². The average Bonchev–Trinajstić information content (AvgIpc) is 2.97. The maximum Gasteiger partial charge on any atom is 0.269 e. The topological polar surface area (TPSA) is 81.4 Å². The van der Waals surface area contributed by atoms with E-state index in [1.165, 1.54) is 35.6 Å². The van der Waals surface area contributed by atoms with Gasteiger partial charge in [0.2, 0.25) is 5.88 Å². The van der Waals surface area contributed by atoms with Crippen LogP contribution in [0, 0.1) is 0 Å². The van der Waals surface area contributed by atoms with E-state index in [0.29, 0.717) is 17.1 Å². The summed E-state index contributed by atoms with van der Waals surface area (Å²) in [4.78, 5) is 4.10.